The number of carbonyl (C=O) groups is 3. The number of anilines is 1. The highest BCUT2D eigenvalue weighted by Gasteiger charge is 2.28. The molecular weight excluding hydrogens is 536 g/mol. The Labute approximate surface area is 216 Å². The van der Waals surface area contributed by atoms with Gasteiger partial charge in [0.25, 0.3) is 0 Å². The molecule has 8 nitrogen and oxygen atoms in total. The number of ether oxygens (including phenoxy) is 2. The number of Topliss-reactive ketones (excluding diaryl/α,β-unsaturated/α-hetero) is 1. The summed E-state index contributed by atoms with van der Waals surface area (Å²) in [5.74, 6) is -0.633. The molecule has 2 aromatic heterocycles. The average Bonchev–Trinajstić information content (AvgIpc) is 3.37. The third-order valence-electron chi connectivity index (χ3n) is 5.52. The summed E-state index contributed by atoms with van der Waals surface area (Å²) in [6, 6.07) is 3.67. The Morgan fingerprint density at radius 3 is 2.46 bits per heavy atom. The van der Waals surface area contributed by atoms with Crippen LogP contribution in [0, 0.1) is 18.3 Å². The fourth-order valence-corrected chi connectivity index (χ4v) is 5.62. The predicted molar refractivity (Wildman–Crippen MR) is 136 cm³/mol. The van der Waals surface area contributed by atoms with Gasteiger partial charge in [0.1, 0.15) is 16.7 Å². The van der Waals surface area contributed by atoms with E-state index in [4.69, 9.17) is 13.9 Å². The molecule has 0 spiro atoms. The van der Waals surface area contributed by atoms with Crippen molar-refractivity contribution in [3.63, 3.8) is 0 Å². The van der Waals surface area contributed by atoms with Crippen molar-refractivity contribution >= 4 is 56.9 Å². The van der Waals surface area contributed by atoms with Crippen molar-refractivity contribution in [2.24, 2.45) is 0 Å². The van der Waals surface area contributed by atoms with Crippen molar-refractivity contribution < 1.29 is 28.3 Å². The van der Waals surface area contributed by atoms with Gasteiger partial charge in [0.15, 0.2) is 5.78 Å². The number of esters is 2. The maximum atomic E-state index is 13.1. The van der Waals surface area contributed by atoms with Crippen molar-refractivity contribution in [1.29, 1.82) is 5.26 Å². The number of carbonyl (C=O) groups excluding carboxylic acids is 3. The van der Waals surface area contributed by atoms with Crippen LogP contribution in [0.5, 0.6) is 0 Å². The predicted octanol–water partition coefficient (Wildman–Crippen LogP) is 5.47. The summed E-state index contributed by atoms with van der Waals surface area (Å²) in [5, 5.41) is 9.68. The molecular formula is C25H27BrN2O6S. The van der Waals surface area contributed by atoms with Crippen LogP contribution >= 0.6 is 27.3 Å². The van der Waals surface area contributed by atoms with E-state index in [-0.39, 0.29) is 35.6 Å². The zero-order valence-electron chi connectivity index (χ0n) is 19.9. The van der Waals surface area contributed by atoms with E-state index in [9.17, 15) is 19.6 Å². The van der Waals surface area contributed by atoms with Crippen LogP contribution in [0.4, 0.5) is 5.88 Å². The molecule has 2 aromatic rings. The van der Waals surface area contributed by atoms with E-state index in [1.165, 1.54) is 12.5 Å². The summed E-state index contributed by atoms with van der Waals surface area (Å²) in [6.07, 6.45) is 4.51. The van der Waals surface area contributed by atoms with Crippen molar-refractivity contribution in [2.45, 2.75) is 46.5 Å². The summed E-state index contributed by atoms with van der Waals surface area (Å²) < 4.78 is 16.9. The van der Waals surface area contributed by atoms with Gasteiger partial charge < -0.3 is 18.8 Å². The van der Waals surface area contributed by atoms with E-state index in [1.807, 2.05) is 6.07 Å². The number of ketones is 1. The van der Waals surface area contributed by atoms with Gasteiger partial charge in [0, 0.05) is 36.5 Å². The number of furan rings is 1. The Bertz CT molecular complexity index is 1180. The largest absolute Gasteiger partial charge is 0.462 e. The van der Waals surface area contributed by atoms with E-state index in [0.29, 0.717) is 22.1 Å². The molecule has 0 radical (unpaired) electrons. The summed E-state index contributed by atoms with van der Waals surface area (Å²) >= 11 is 4.51. The molecule has 1 fully saturated rings. The molecule has 0 atom stereocenters. The molecule has 0 aromatic carbocycles. The molecule has 35 heavy (non-hydrogen) atoms. The maximum Gasteiger partial charge on any atom is 0.348 e. The Kier molecular flexibility index (Phi) is 9.29. The van der Waals surface area contributed by atoms with E-state index in [2.05, 4.69) is 20.8 Å². The van der Waals surface area contributed by atoms with E-state index < -0.39 is 17.7 Å². The van der Waals surface area contributed by atoms with Crippen LogP contribution in [0.1, 0.15) is 69.3 Å². The summed E-state index contributed by atoms with van der Waals surface area (Å²) in [5.41, 5.74) is 0.451. The van der Waals surface area contributed by atoms with Gasteiger partial charge in [-0.2, -0.15) is 5.26 Å². The summed E-state index contributed by atoms with van der Waals surface area (Å²) in [7, 11) is 0. The Morgan fingerprint density at radius 1 is 1.17 bits per heavy atom. The lowest BCUT2D eigenvalue weighted by molar-refractivity contribution is -0.114. The normalized spacial score (nSPS) is 13.9. The van der Waals surface area contributed by atoms with Crippen LogP contribution in [0.3, 0.4) is 0 Å². The van der Waals surface area contributed by atoms with Gasteiger partial charge in [-0.05, 0) is 61.5 Å². The van der Waals surface area contributed by atoms with Gasteiger partial charge in [-0.15, -0.1) is 11.3 Å². The molecule has 0 N–H and O–H groups in total. The van der Waals surface area contributed by atoms with Gasteiger partial charge in [-0.3, -0.25) is 4.79 Å². The first-order valence-corrected chi connectivity index (χ1v) is 13.1. The molecule has 186 valence electrons. The van der Waals surface area contributed by atoms with E-state index >= 15 is 0 Å². The first kappa shape index (κ1) is 26.7. The van der Waals surface area contributed by atoms with Gasteiger partial charge in [-0.25, -0.2) is 9.59 Å². The number of halogens is 1. The molecule has 0 bridgehead atoms. The number of hydrogen-bond donors (Lipinski definition) is 0. The van der Waals surface area contributed by atoms with Crippen molar-refractivity contribution in [2.75, 3.05) is 31.2 Å². The lowest BCUT2D eigenvalue weighted by Gasteiger charge is -2.26. The molecule has 0 aliphatic carbocycles. The molecule has 0 amide bonds. The minimum Gasteiger partial charge on any atom is -0.462 e. The van der Waals surface area contributed by atoms with Crippen LogP contribution in [0.15, 0.2) is 20.5 Å². The number of nitrogens with zero attached hydrogens (tertiary/aromatic N) is 2. The highest BCUT2D eigenvalue weighted by molar-refractivity contribution is 9.10. The zero-order valence-corrected chi connectivity index (χ0v) is 22.3. The van der Waals surface area contributed by atoms with Crippen molar-refractivity contribution in [3.05, 3.63) is 42.8 Å². The van der Waals surface area contributed by atoms with Crippen molar-refractivity contribution in [1.82, 2.24) is 0 Å². The molecule has 1 aliphatic heterocycles. The van der Waals surface area contributed by atoms with Crippen molar-refractivity contribution in [3.8, 4) is 6.07 Å². The minimum absolute atomic E-state index is 0.116. The number of nitriles is 1. The van der Waals surface area contributed by atoms with Crippen LogP contribution in [0.2, 0.25) is 0 Å². The monoisotopic (exact) mass is 562 g/mol. The number of hydrogen-bond acceptors (Lipinski definition) is 9. The van der Waals surface area contributed by atoms with Crippen LogP contribution in [-0.2, 0) is 20.7 Å². The van der Waals surface area contributed by atoms with Crippen LogP contribution < -0.4 is 4.90 Å². The highest BCUT2D eigenvalue weighted by atomic mass is 79.9. The molecule has 0 saturated carbocycles. The standard InChI is InChI=1S/C25H27BrN2O6S/c1-4-32-24(30)21-15(3)22(25(31)33-5-2)35-20(21)13-19(29)16(14-27)11-17-12-18(26)23(34-17)28-9-7-6-8-10-28/h11-12H,4-10,13H2,1-3H3/b16-11+. The first-order chi connectivity index (χ1) is 16.8. The fourth-order valence-electron chi connectivity index (χ4n) is 3.88. The Morgan fingerprint density at radius 2 is 1.83 bits per heavy atom. The minimum atomic E-state index is -0.622. The van der Waals surface area contributed by atoms with Gasteiger partial charge in [-0.1, -0.05) is 0 Å². The second-order valence-corrected chi connectivity index (χ2v) is 9.87. The SMILES string of the molecule is CCOC(=O)c1sc(CC(=O)/C(C#N)=C/c2cc(Br)c(N3CCCCC3)o2)c(C(=O)OCC)c1C. The second-order valence-electron chi connectivity index (χ2n) is 7.91. The summed E-state index contributed by atoms with van der Waals surface area (Å²) in [6.45, 7) is 7.07. The maximum absolute atomic E-state index is 13.1. The molecule has 0 unspecified atom stereocenters. The van der Waals surface area contributed by atoms with Gasteiger partial charge >= 0.3 is 11.9 Å². The Balaban J connectivity index is 1.89. The number of rotatable bonds is 9. The topological polar surface area (TPSA) is 110 Å². The van der Waals surface area contributed by atoms with Crippen LogP contribution in [-0.4, -0.2) is 44.0 Å². The smallest absolute Gasteiger partial charge is 0.348 e. The highest BCUT2D eigenvalue weighted by Crippen LogP contribution is 2.34. The van der Waals surface area contributed by atoms with Gasteiger partial charge in [0.2, 0.25) is 5.88 Å². The zero-order chi connectivity index (χ0) is 25.5. The van der Waals surface area contributed by atoms with E-state index in [0.717, 1.165) is 41.7 Å². The third-order valence-corrected chi connectivity index (χ3v) is 7.36. The third kappa shape index (κ3) is 6.21. The number of thiophene rings is 1. The van der Waals surface area contributed by atoms with Crippen LogP contribution in [0.25, 0.3) is 6.08 Å². The summed E-state index contributed by atoms with van der Waals surface area (Å²) in [4.78, 5) is 40.8. The lowest BCUT2D eigenvalue weighted by Crippen LogP contribution is -2.29. The fraction of sp³-hybridized carbons (Fsp3) is 0.440. The molecule has 1 aliphatic rings. The first-order valence-electron chi connectivity index (χ1n) is 11.5. The number of piperidine rings is 1. The molecule has 3 rings (SSSR count). The van der Waals surface area contributed by atoms with E-state index in [1.54, 1.807) is 26.8 Å². The molecule has 10 heteroatoms. The quantitative estimate of drug-likeness (QED) is 0.224. The average molecular weight is 563 g/mol. The molecule has 1 saturated heterocycles. The molecule has 3 heterocycles. The van der Waals surface area contributed by atoms with Gasteiger partial charge in [0.05, 0.1) is 28.8 Å². The lowest BCUT2D eigenvalue weighted by atomic mass is 10.0. The number of allylic oxidation sites excluding steroid dienone is 1. The second kappa shape index (κ2) is 12.2. The Hall–Kier alpha value is -2.90.